The van der Waals surface area contributed by atoms with Crippen molar-refractivity contribution in [2.75, 3.05) is 6.54 Å². The van der Waals surface area contributed by atoms with Gasteiger partial charge in [-0.25, -0.2) is 0 Å². The highest BCUT2D eigenvalue weighted by Crippen LogP contribution is 2.06. The molecule has 0 radical (unpaired) electrons. The Balaban J connectivity index is 3.61. The van der Waals surface area contributed by atoms with Crippen molar-refractivity contribution in [1.82, 2.24) is 5.32 Å². The summed E-state index contributed by atoms with van der Waals surface area (Å²) in [6.45, 7) is 4.18. The molecule has 0 saturated carbocycles. The first-order valence-corrected chi connectivity index (χ1v) is 4.04. The molecule has 0 saturated heterocycles. The summed E-state index contributed by atoms with van der Waals surface area (Å²) in [6, 6.07) is 0. The maximum atomic E-state index is 10.9. The van der Waals surface area contributed by atoms with Gasteiger partial charge in [-0.05, 0) is 12.8 Å². The lowest BCUT2D eigenvalue weighted by atomic mass is 10.0. The van der Waals surface area contributed by atoms with Crippen molar-refractivity contribution in [2.24, 2.45) is 5.92 Å². The number of carbonyl (C=O) groups excluding carboxylic acids is 1. The highest BCUT2D eigenvalue weighted by Gasteiger charge is 2.11. The van der Waals surface area contributed by atoms with E-state index in [0.29, 0.717) is 13.0 Å². The van der Waals surface area contributed by atoms with Gasteiger partial charge in [-0.1, -0.05) is 6.92 Å². The summed E-state index contributed by atoms with van der Waals surface area (Å²) in [4.78, 5) is 21.1. The van der Waals surface area contributed by atoms with Crippen LogP contribution in [0.15, 0.2) is 0 Å². The van der Waals surface area contributed by atoms with Gasteiger partial charge in [-0.15, -0.1) is 0 Å². The van der Waals surface area contributed by atoms with Crippen LogP contribution in [0.25, 0.3) is 0 Å². The minimum atomic E-state index is -0.855. The molecule has 2 N–H and O–H groups in total. The monoisotopic (exact) mass is 173 g/mol. The van der Waals surface area contributed by atoms with Crippen LogP contribution in [-0.4, -0.2) is 23.5 Å². The summed E-state index contributed by atoms with van der Waals surface area (Å²) in [5, 5.41) is 11.0. The van der Waals surface area contributed by atoms with Crippen molar-refractivity contribution >= 4 is 11.9 Å². The number of carboxylic acid groups (broad SMARTS) is 1. The fourth-order valence-electron chi connectivity index (χ4n) is 0.956. The van der Waals surface area contributed by atoms with E-state index in [0.717, 1.165) is 0 Å². The fraction of sp³-hybridized carbons (Fsp3) is 0.750. The smallest absolute Gasteiger partial charge is 0.303 e. The summed E-state index contributed by atoms with van der Waals surface area (Å²) < 4.78 is 0. The zero-order valence-electron chi connectivity index (χ0n) is 7.46. The van der Waals surface area contributed by atoms with Crippen molar-refractivity contribution in [2.45, 2.75) is 26.7 Å². The third-order valence-corrected chi connectivity index (χ3v) is 1.43. The largest absolute Gasteiger partial charge is 0.481 e. The zero-order valence-corrected chi connectivity index (χ0v) is 7.46. The average Bonchev–Trinajstić information content (AvgIpc) is 1.84. The number of hydrogen-bond donors (Lipinski definition) is 2. The van der Waals surface area contributed by atoms with E-state index in [-0.39, 0.29) is 18.2 Å². The molecule has 70 valence electrons. The molecule has 0 fully saturated rings. The van der Waals surface area contributed by atoms with Gasteiger partial charge in [-0.2, -0.15) is 0 Å². The molecule has 0 aromatic carbocycles. The van der Waals surface area contributed by atoms with Gasteiger partial charge in [-0.3, -0.25) is 9.59 Å². The number of aliphatic carboxylic acids is 1. The van der Waals surface area contributed by atoms with Gasteiger partial charge in [0.25, 0.3) is 0 Å². The quantitative estimate of drug-likeness (QED) is 0.640. The Morgan fingerprint density at radius 1 is 1.42 bits per heavy atom. The van der Waals surface area contributed by atoms with Gasteiger partial charge in [0.1, 0.15) is 0 Å². The molecular weight excluding hydrogens is 158 g/mol. The Morgan fingerprint density at radius 3 is 2.42 bits per heavy atom. The molecule has 0 rings (SSSR count). The van der Waals surface area contributed by atoms with Gasteiger partial charge in [0.15, 0.2) is 0 Å². The molecule has 1 unspecified atom stereocenters. The van der Waals surface area contributed by atoms with E-state index in [1.807, 2.05) is 6.92 Å². The van der Waals surface area contributed by atoms with Crippen molar-refractivity contribution in [3.05, 3.63) is 0 Å². The van der Waals surface area contributed by atoms with Gasteiger partial charge in [0.2, 0.25) is 5.91 Å². The molecule has 0 aliphatic carbocycles. The standard InChI is InChI=1S/C8H15NO3/c1-3-9-7(10)4-6(2)5-8(11)12/h6H,3-5H2,1-2H3,(H,9,10)(H,11,12). The molecule has 0 aliphatic heterocycles. The second kappa shape index (κ2) is 5.57. The first-order chi connectivity index (χ1) is 5.56. The minimum absolute atomic E-state index is 0.0527. The van der Waals surface area contributed by atoms with Crippen LogP contribution >= 0.6 is 0 Å². The average molecular weight is 173 g/mol. The maximum Gasteiger partial charge on any atom is 0.303 e. The molecule has 0 aliphatic rings. The molecule has 4 nitrogen and oxygen atoms in total. The summed E-state index contributed by atoms with van der Waals surface area (Å²) in [5.41, 5.74) is 0. The number of nitrogens with one attached hydrogen (secondary N) is 1. The van der Waals surface area contributed by atoms with E-state index in [1.165, 1.54) is 0 Å². The van der Waals surface area contributed by atoms with E-state index in [2.05, 4.69) is 5.32 Å². The van der Waals surface area contributed by atoms with Crippen molar-refractivity contribution in [1.29, 1.82) is 0 Å². The molecule has 0 aromatic rings. The second-order valence-electron chi connectivity index (χ2n) is 2.86. The van der Waals surface area contributed by atoms with Crippen LogP contribution in [0.1, 0.15) is 26.7 Å². The number of carbonyl (C=O) groups is 2. The molecule has 0 spiro atoms. The van der Waals surface area contributed by atoms with Crippen LogP contribution in [0.2, 0.25) is 0 Å². The maximum absolute atomic E-state index is 10.9. The SMILES string of the molecule is CCNC(=O)CC(C)CC(=O)O. The highest BCUT2D eigenvalue weighted by atomic mass is 16.4. The van der Waals surface area contributed by atoms with Gasteiger partial charge < -0.3 is 10.4 Å². The van der Waals surface area contributed by atoms with Crippen LogP contribution < -0.4 is 5.32 Å². The van der Waals surface area contributed by atoms with E-state index in [4.69, 9.17) is 5.11 Å². The van der Waals surface area contributed by atoms with Gasteiger partial charge in [0, 0.05) is 19.4 Å². The third-order valence-electron chi connectivity index (χ3n) is 1.43. The zero-order chi connectivity index (χ0) is 9.56. The Hall–Kier alpha value is -1.06. The summed E-state index contributed by atoms with van der Waals surface area (Å²) in [7, 11) is 0. The Kier molecular flexibility index (Phi) is 5.08. The number of hydrogen-bond acceptors (Lipinski definition) is 2. The number of amides is 1. The molecular formula is C8H15NO3. The van der Waals surface area contributed by atoms with Crippen molar-refractivity contribution in [3.63, 3.8) is 0 Å². The molecule has 4 heteroatoms. The Labute approximate surface area is 72.0 Å². The van der Waals surface area contributed by atoms with E-state index in [1.54, 1.807) is 6.92 Å². The number of rotatable bonds is 5. The molecule has 0 bridgehead atoms. The lowest BCUT2D eigenvalue weighted by Gasteiger charge is -2.07. The van der Waals surface area contributed by atoms with Crippen LogP contribution in [-0.2, 0) is 9.59 Å². The van der Waals surface area contributed by atoms with Crippen molar-refractivity contribution in [3.8, 4) is 0 Å². The van der Waals surface area contributed by atoms with Crippen molar-refractivity contribution < 1.29 is 14.7 Å². The molecule has 1 amide bonds. The lowest BCUT2D eigenvalue weighted by molar-refractivity contribution is -0.138. The summed E-state index contributed by atoms with van der Waals surface area (Å²) in [5.74, 6) is -1.02. The third kappa shape index (κ3) is 5.70. The first-order valence-electron chi connectivity index (χ1n) is 4.04. The van der Waals surface area contributed by atoms with E-state index >= 15 is 0 Å². The van der Waals surface area contributed by atoms with Gasteiger partial charge >= 0.3 is 5.97 Å². The summed E-state index contributed by atoms with van der Waals surface area (Å²) in [6.07, 6.45) is 0.345. The van der Waals surface area contributed by atoms with Crippen LogP contribution in [0.5, 0.6) is 0 Å². The normalized spacial score (nSPS) is 12.2. The van der Waals surface area contributed by atoms with E-state index in [9.17, 15) is 9.59 Å². The van der Waals surface area contributed by atoms with Crippen LogP contribution in [0, 0.1) is 5.92 Å². The molecule has 0 aromatic heterocycles. The van der Waals surface area contributed by atoms with Crippen LogP contribution in [0.4, 0.5) is 0 Å². The minimum Gasteiger partial charge on any atom is -0.481 e. The lowest BCUT2D eigenvalue weighted by Crippen LogP contribution is -2.25. The second-order valence-corrected chi connectivity index (χ2v) is 2.86. The predicted molar refractivity (Wildman–Crippen MR) is 44.7 cm³/mol. The number of carboxylic acids is 1. The van der Waals surface area contributed by atoms with Gasteiger partial charge in [0.05, 0.1) is 0 Å². The highest BCUT2D eigenvalue weighted by molar-refractivity contribution is 5.77. The molecule has 12 heavy (non-hydrogen) atoms. The first kappa shape index (κ1) is 10.9. The molecule has 0 heterocycles. The molecule has 1 atom stereocenters. The van der Waals surface area contributed by atoms with Crippen LogP contribution in [0.3, 0.4) is 0 Å². The Morgan fingerprint density at radius 2 is 2.00 bits per heavy atom. The Bertz CT molecular complexity index is 168. The predicted octanol–water partition coefficient (Wildman–Crippen LogP) is 0.623. The van der Waals surface area contributed by atoms with E-state index < -0.39 is 5.97 Å². The topological polar surface area (TPSA) is 66.4 Å². The summed E-state index contributed by atoms with van der Waals surface area (Å²) >= 11 is 0. The fourth-order valence-corrected chi connectivity index (χ4v) is 0.956.